The first-order valence-corrected chi connectivity index (χ1v) is 17.3. The van der Waals surface area contributed by atoms with Crippen LogP contribution in [0.4, 0.5) is 0 Å². The van der Waals surface area contributed by atoms with Gasteiger partial charge in [-0.2, -0.15) is 0 Å². The van der Waals surface area contributed by atoms with Crippen LogP contribution in [0.2, 0.25) is 0 Å². The van der Waals surface area contributed by atoms with Gasteiger partial charge in [0.1, 0.15) is 5.82 Å². The molecular formula is C41H27N2OP. The van der Waals surface area contributed by atoms with Gasteiger partial charge in [-0.1, -0.05) is 116 Å². The minimum Gasteiger partial charge on any atom is -0.308 e. The van der Waals surface area contributed by atoms with E-state index in [1.54, 1.807) is 0 Å². The van der Waals surface area contributed by atoms with Crippen LogP contribution >= 0.6 is 7.14 Å². The molecule has 0 amide bonds. The van der Waals surface area contributed by atoms with E-state index in [1.165, 1.54) is 43.1 Å². The summed E-state index contributed by atoms with van der Waals surface area (Å²) in [5, 5.41) is 12.8. The summed E-state index contributed by atoms with van der Waals surface area (Å²) in [4.78, 5) is 4.99. The van der Waals surface area contributed by atoms with Crippen molar-refractivity contribution in [1.82, 2.24) is 9.55 Å². The third kappa shape index (κ3) is 3.16. The summed E-state index contributed by atoms with van der Waals surface area (Å²) in [5.74, 6) is 0.986. The highest BCUT2D eigenvalue weighted by molar-refractivity contribution is 7.86. The minimum atomic E-state index is -3.22. The maximum Gasteiger partial charge on any atom is 0.175 e. The highest BCUT2D eigenvalue weighted by Crippen LogP contribution is 2.50. The van der Waals surface area contributed by atoms with Gasteiger partial charge in [0, 0.05) is 22.3 Å². The predicted molar refractivity (Wildman–Crippen MR) is 190 cm³/mol. The molecule has 9 aromatic rings. The third-order valence-electron chi connectivity index (χ3n) is 9.89. The van der Waals surface area contributed by atoms with Crippen molar-refractivity contribution in [3.8, 4) is 16.8 Å². The molecule has 0 N–H and O–H groups in total. The Hall–Kier alpha value is -5.24. The molecule has 1 aromatic heterocycles. The Morgan fingerprint density at radius 3 is 2.09 bits per heavy atom. The van der Waals surface area contributed by atoms with Crippen molar-refractivity contribution < 1.29 is 4.57 Å². The Morgan fingerprint density at radius 1 is 0.622 bits per heavy atom. The van der Waals surface area contributed by atoms with E-state index in [0.29, 0.717) is 0 Å². The fourth-order valence-electron chi connectivity index (χ4n) is 7.98. The third-order valence-corrected chi connectivity index (χ3v) is 13.0. The van der Waals surface area contributed by atoms with E-state index in [4.69, 9.17) is 4.98 Å². The molecule has 2 heterocycles. The molecule has 0 saturated carbocycles. The van der Waals surface area contributed by atoms with Gasteiger partial charge in [-0.3, -0.25) is 4.57 Å². The second-order valence-corrected chi connectivity index (χ2v) is 14.8. The van der Waals surface area contributed by atoms with E-state index >= 15 is 4.57 Å². The number of nitrogens with zero attached hydrogens (tertiary/aromatic N) is 2. The molecule has 10 rings (SSSR count). The molecule has 1 atom stereocenters. The molecule has 0 radical (unpaired) electrons. The molecule has 0 spiro atoms. The Bertz CT molecular complexity index is 2670. The molecule has 0 saturated heterocycles. The SMILES string of the molecule is CCc1nc2cccc3c2n1-c1ccc(-c2ccc4c5cccc6cccc(c7cccc2c74)c65)cc1P3(=O)c1ccccc1. The standard InChI is InChI=1S/C41H27N2OP/c1-2-38-42-34-18-9-19-36-41(34)43(38)35-23-20-26(24-37(35)45(36,44)27-12-4-3-5-13-27)28-21-22-33-31-15-7-11-25-10-6-14-30(39(25)31)32-17-8-16-29(28)40(32)33/h3-24H,2H2,1H3. The Labute approximate surface area is 260 Å². The smallest absolute Gasteiger partial charge is 0.175 e. The lowest BCUT2D eigenvalue weighted by molar-refractivity contribution is 0.592. The summed E-state index contributed by atoms with van der Waals surface area (Å²) < 4.78 is 18.0. The van der Waals surface area contributed by atoms with Crippen LogP contribution in [0, 0.1) is 0 Å². The average molecular weight is 595 g/mol. The monoisotopic (exact) mass is 594 g/mol. The number of hydrogen-bond donors (Lipinski definition) is 0. The van der Waals surface area contributed by atoms with Crippen LogP contribution in [-0.4, -0.2) is 9.55 Å². The maximum absolute atomic E-state index is 15.8. The first-order valence-electron chi connectivity index (χ1n) is 15.6. The van der Waals surface area contributed by atoms with E-state index in [9.17, 15) is 0 Å². The summed E-state index contributed by atoms with van der Waals surface area (Å²) in [5.41, 5.74) is 5.05. The van der Waals surface area contributed by atoms with E-state index in [-0.39, 0.29) is 0 Å². The van der Waals surface area contributed by atoms with Crippen LogP contribution in [0.25, 0.3) is 70.9 Å². The largest absolute Gasteiger partial charge is 0.308 e. The van der Waals surface area contributed by atoms with Crippen LogP contribution in [0.5, 0.6) is 0 Å². The highest BCUT2D eigenvalue weighted by Gasteiger charge is 2.40. The Balaban J connectivity index is 1.31. The van der Waals surface area contributed by atoms with E-state index in [2.05, 4.69) is 96.4 Å². The van der Waals surface area contributed by atoms with Crippen LogP contribution in [0.3, 0.4) is 0 Å². The zero-order valence-corrected chi connectivity index (χ0v) is 25.6. The number of hydrogen-bond acceptors (Lipinski definition) is 2. The van der Waals surface area contributed by atoms with Crippen molar-refractivity contribution in [3.05, 3.63) is 139 Å². The molecule has 0 bridgehead atoms. The second-order valence-electron chi connectivity index (χ2n) is 12.1. The molecule has 212 valence electrons. The van der Waals surface area contributed by atoms with Crippen molar-refractivity contribution in [2.45, 2.75) is 13.3 Å². The van der Waals surface area contributed by atoms with Crippen molar-refractivity contribution in [1.29, 1.82) is 0 Å². The highest BCUT2D eigenvalue weighted by atomic mass is 31.2. The van der Waals surface area contributed by atoms with Gasteiger partial charge < -0.3 is 4.57 Å². The summed E-state index contributed by atoms with van der Waals surface area (Å²) in [6.07, 6.45) is 0.786. The first kappa shape index (κ1) is 25.1. The zero-order chi connectivity index (χ0) is 29.9. The first-order chi connectivity index (χ1) is 22.2. The summed E-state index contributed by atoms with van der Waals surface area (Å²) in [7, 11) is -3.22. The molecular weight excluding hydrogens is 567 g/mol. The number of aryl methyl sites for hydroxylation is 1. The van der Waals surface area contributed by atoms with Gasteiger partial charge in [0.25, 0.3) is 0 Å². The maximum atomic E-state index is 15.8. The molecule has 1 unspecified atom stereocenters. The number of imidazole rings is 1. The fraction of sp³-hybridized carbons (Fsp3) is 0.0488. The van der Waals surface area contributed by atoms with Gasteiger partial charge in [0.15, 0.2) is 7.14 Å². The number of aromatic nitrogens is 2. The van der Waals surface area contributed by atoms with Crippen LogP contribution in [0.15, 0.2) is 133 Å². The van der Waals surface area contributed by atoms with Gasteiger partial charge in [-0.05, 0) is 78.5 Å². The molecule has 0 aliphatic carbocycles. The molecule has 45 heavy (non-hydrogen) atoms. The lowest BCUT2D eigenvalue weighted by Gasteiger charge is -2.29. The summed E-state index contributed by atoms with van der Waals surface area (Å²) >= 11 is 0. The van der Waals surface area contributed by atoms with Gasteiger partial charge in [-0.15, -0.1) is 0 Å². The van der Waals surface area contributed by atoms with E-state index < -0.39 is 7.14 Å². The number of rotatable bonds is 3. The molecule has 4 heteroatoms. The lowest BCUT2D eigenvalue weighted by atomic mass is 9.87. The van der Waals surface area contributed by atoms with Crippen molar-refractivity contribution in [2.75, 3.05) is 0 Å². The zero-order valence-electron chi connectivity index (χ0n) is 24.7. The predicted octanol–water partition coefficient (Wildman–Crippen LogP) is 9.26. The van der Waals surface area contributed by atoms with Crippen LogP contribution in [0.1, 0.15) is 12.7 Å². The Kier molecular flexibility index (Phi) is 4.97. The Morgan fingerprint density at radius 2 is 1.31 bits per heavy atom. The van der Waals surface area contributed by atoms with Gasteiger partial charge in [-0.25, -0.2) is 4.98 Å². The quantitative estimate of drug-likeness (QED) is 0.116. The van der Waals surface area contributed by atoms with E-state index in [1.807, 2.05) is 48.5 Å². The van der Waals surface area contributed by atoms with Crippen molar-refractivity contribution in [2.24, 2.45) is 0 Å². The lowest BCUT2D eigenvalue weighted by Crippen LogP contribution is -2.33. The second kappa shape index (κ2) is 8.91. The number of benzene rings is 8. The van der Waals surface area contributed by atoms with Crippen molar-refractivity contribution >= 4 is 77.2 Å². The van der Waals surface area contributed by atoms with Crippen LogP contribution < -0.4 is 15.9 Å². The average Bonchev–Trinajstić information content (AvgIpc) is 3.49. The molecule has 1 aliphatic rings. The van der Waals surface area contributed by atoms with Gasteiger partial charge in [0.05, 0.1) is 16.7 Å². The topological polar surface area (TPSA) is 34.9 Å². The number of para-hydroxylation sites is 1. The van der Waals surface area contributed by atoms with Crippen LogP contribution in [-0.2, 0) is 11.0 Å². The van der Waals surface area contributed by atoms with Crippen molar-refractivity contribution in [3.63, 3.8) is 0 Å². The summed E-state index contributed by atoms with van der Waals surface area (Å²) in [6, 6.07) is 47.1. The molecule has 8 aromatic carbocycles. The summed E-state index contributed by atoms with van der Waals surface area (Å²) in [6.45, 7) is 2.14. The molecule has 0 fully saturated rings. The fourth-order valence-corrected chi connectivity index (χ4v) is 11.0. The normalized spacial score (nSPS) is 15.9. The van der Waals surface area contributed by atoms with Gasteiger partial charge in [0.2, 0.25) is 0 Å². The van der Waals surface area contributed by atoms with Gasteiger partial charge >= 0.3 is 0 Å². The van der Waals surface area contributed by atoms with E-state index in [0.717, 1.165) is 56.0 Å². The number of fused-ring (bicyclic) bond motifs is 4. The molecule has 3 nitrogen and oxygen atoms in total. The minimum absolute atomic E-state index is 0.786. The molecule has 1 aliphatic heterocycles.